The van der Waals surface area contributed by atoms with Crippen molar-refractivity contribution in [1.82, 2.24) is 0 Å². The first-order valence-corrected chi connectivity index (χ1v) is 4.18. The van der Waals surface area contributed by atoms with E-state index in [4.69, 9.17) is 11.5 Å². The van der Waals surface area contributed by atoms with Gasteiger partial charge in [0.15, 0.2) is 5.78 Å². The molecule has 0 bridgehead atoms. The molecule has 0 spiro atoms. The molecule has 1 unspecified atom stereocenters. The molecule has 4 nitrogen and oxygen atoms in total. The van der Waals surface area contributed by atoms with E-state index < -0.39 is 12.1 Å². The second kappa shape index (κ2) is 5.24. The van der Waals surface area contributed by atoms with Gasteiger partial charge in [0, 0.05) is 12.0 Å². The van der Waals surface area contributed by atoms with E-state index in [0.29, 0.717) is 13.0 Å². The number of rotatable bonds is 5. The molecule has 0 amide bonds. The average molecular weight is 174 g/mol. The predicted octanol–water partition coefficient (Wildman–Crippen LogP) is -0.751. The average Bonchev–Trinajstić information content (AvgIpc) is 2.02. The van der Waals surface area contributed by atoms with Crippen LogP contribution in [0.1, 0.15) is 20.3 Å². The highest BCUT2D eigenvalue weighted by atomic mass is 16.3. The van der Waals surface area contributed by atoms with E-state index in [1.807, 2.05) is 0 Å². The molecule has 0 fully saturated rings. The molecule has 0 radical (unpaired) electrons. The van der Waals surface area contributed by atoms with E-state index in [1.165, 1.54) is 0 Å². The third-order valence-corrected chi connectivity index (χ3v) is 1.77. The fourth-order valence-corrected chi connectivity index (χ4v) is 0.903. The van der Waals surface area contributed by atoms with Gasteiger partial charge in [-0.3, -0.25) is 4.79 Å². The van der Waals surface area contributed by atoms with Crippen LogP contribution in [0.5, 0.6) is 0 Å². The molecular weight excluding hydrogens is 156 g/mol. The minimum absolute atomic E-state index is 0.177. The number of ketones is 1. The molecule has 0 aromatic carbocycles. The summed E-state index contributed by atoms with van der Waals surface area (Å²) < 4.78 is 0. The number of hydrogen-bond acceptors (Lipinski definition) is 4. The van der Waals surface area contributed by atoms with Crippen LogP contribution in [0.15, 0.2) is 0 Å². The second-order valence-corrected chi connectivity index (χ2v) is 3.24. The van der Waals surface area contributed by atoms with Gasteiger partial charge in [-0.05, 0) is 13.0 Å². The van der Waals surface area contributed by atoms with Crippen LogP contribution < -0.4 is 11.5 Å². The molecule has 2 atom stereocenters. The van der Waals surface area contributed by atoms with Gasteiger partial charge in [0.1, 0.15) is 6.10 Å². The summed E-state index contributed by atoms with van der Waals surface area (Å²) in [4.78, 5) is 11.2. The Kier molecular flexibility index (Phi) is 5.04. The maximum absolute atomic E-state index is 11.2. The predicted molar refractivity (Wildman–Crippen MR) is 47.5 cm³/mol. The molecule has 4 heteroatoms. The van der Waals surface area contributed by atoms with Gasteiger partial charge in [-0.1, -0.05) is 13.8 Å². The van der Waals surface area contributed by atoms with E-state index >= 15 is 0 Å². The van der Waals surface area contributed by atoms with Crippen molar-refractivity contribution >= 4 is 5.78 Å². The fraction of sp³-hybridized carbons (Fsp3) is 0.875. The molecule has 12 heavy (non-hydrogen) atoms. The molecule has 0 saturated heterocycles. The topological polar surface area (TPSA) is 89.3 Å². The summed E-state index contributed by atoms with van der Waals surface area (Å²) in [6, 6.07) is -0.523. The van der Waals surface area contributed by atoms with E-state index in [2.05, 4.69) is 0 Å². The number of carbonyl (C=O) groups excluding carboxylic acids is 1. The number of carbonyl (C=O) groups is 1. The molecule has 0 aliphatic carbocycles. The van der Waals surface area contributed by atoms with Crippen LogP contribution >= 0.6 is 0 Å². The van der Waals surface area contributed by atoms with Gasteiger partial charge in [0.2, 0.25) is 0 Å². The number of aliphatic hydroxyl groups excluding tert-OH is 1. The van der Waals surface area contributed by atoms with Crippen molar-refractivity contribution in [3.63, 3.8) is 0 Å². The Morgan fingerprint density at radius 2 is 2.00 bits per heavy atom. The summed E-state index contributed by atoms with van der Waals surface area (Å²) in [7, 11) is 0. The lowest BCUT2D eigenvalue weighted by Gasteiger charge is -2.18. The van der Waals surface area contributed by atoms with Gasteiger partial charge in [-0.25, -0.2) is 0 Å². The molecule has 0 aromatic rings. The Bertz CT molecular complexity index is 148. The minimum Gasteiger partial charge on any atom is -0.384 e. The Hall–Kier alpha value is -0.450. The quantitative estimate of drug-likeness (QED) is 0.511. The van der Waals surface area contributed by atoms with Crippen LogP contribution in [-0.2, 0) is 4.79 Å². The summed E-state index contributed by atoms with van der Waals surface area (Å²) in [5, 5.41) is 9.36. The number of Topliss-reactive ketones (excluding diaryl/α,β-unsaturated/α-hetero) is 1. The zero-order valence-corrected chi connectivity index (χ0v) is 7.66. The highest BCUT2D eigenvalue weighted by molar-refractivity contribution is 5.85. The highest BCUT2D eigenvalue weighted by Crippen LogP contribution is 2.04. The molecule has 5 N–H and O–H groups in total. The Balaban J connectivity index is 4.00. The highest BCUT2D eigenvalue weighted by Gasteiger charge is 2.23. The smallest absolute Gasteiger partial charge is 0.165 e. The maximum atomic E-state index is 11.2. The molecule has 0 saturated carbocycles. The Morgan fingerprint density at radius 3 is 2.33 bits per heavy atom. The lowest BCUT2D eigenvalue weighted by Crippen LogP contribution is -2.43. The van der Waals surface area contributed by atoms with Crippen LogP contribution in [0.3, 0.4) is 0 Å². The van der Waals surface area contributed by atoms with Crippen molar-refractivity contribution in [3.05, 3.63) is 0 Å². The monoisotopic (exact) mass is 174 g/mol. The van der Waals surface area contributed by atoms with Crippen LogP contribution in [0.2, 0.25) is 0 Å². The summed E-state index contributed by atoms with van der Waals surface area (Å²) in [6.45, 7) is 3.87. The Labute approximate surface area is 72.9 Å². The van der Waals surface area contributed by atoms with Crippen molar-refractivity contribution in [2.75, 3.05) is 6.54 Å². The van der Waals surface area contributed by atoms with Crippen LogP contribution in [-0.4, -0.2) is 29.6 Å². The lowest BCUT2D eigenvalue weighted by atomic mass is 9.97. The van der Waals surface area contributed by atoms with Gasteiger partial charge in [0.05, 0.1) is 0 Å². The van der Waals surface area contributed by atoms with Gasteiger partial charge in [0.25, 0.3) is 0 Å². The van der Waals surface area contributed by atoms with Gasteiger partial charge in [-0.15, -0.1) is 0 Å². The van der Waals surface area contributed by atoms with Gasteiger partial charge < -0.3 is 16.6 Å². The second-order valence-electron chi connectivity index (χ2n) is 3.24. The van der Waals surface area contributed by atoms with Crippen molar-refractivity contribution in [2.45, 2.75) is 32.4 Å². The largest absolute Gasteiger partial charge is 0.384 e. The first-order chi connectivity index (χ1) is 5.50. The SMILES string of the molecule is CC(C)C(=O)[C@@H](O)C(N)CCN. The van der Waals surface area contributed by atoms with E-state index in [0.717, 1.165) is 0 Å². The van der Waals surface area contributed by atoms with Gasteiger partial charge >= 0.3 is 0 Å². The number of hydrogen-bond donors (Lipinski definition) is 3. The summed E-state index contributed by atoms with van der Waals surface area (Å²) in [6.07, 6.45) is -0.590. The Morgan fingerprint density at radius 1 is 1.50 bits per heavy atom. The third kappa shape index (κ3) is 3.30. The molecule has 0 aliphatic heterocycles. The lowest BCUT2D eigenvalue weighted by molar-refractivity contribution is -0.131. The molecule has 0 aromatic heterocycles. The van der Waals surface area contributed by atoms with Crippen LogP contribution in [0.25, 0.3) is 0 Å². The maximum Gasteiger partial charge on any atom is 0.165 e. The molecule has 72 valence electrons. The van der Waals surface area contributed by atoms with E-state index in [-0.39, 0.29) is 11.7 Å². The fourth-order valence-electron chi connectivity index (χ4n) is 0.903. The molecule has 0 rings (SSSR count). The standard InChI is InChI=1S/C8H18N2O2/c1-5(2)7(11)8(12)6(10)3-4-9/h5-6,8,12H,3-4,9-10H2,1-2H3/t6?,8-/m0/s1. The molecular formula is C8H18N2O2. The van der Waals surface area contributed by atoms with Crippen molar-refractivity contribution in [2.24, 2.45) is 17.4 Å². The first-order valence-electron chi connectivity index (χ1n) is 4.18. The van der Waals surface area contributed by atoms with Gasteiger partial charge in [-0.2, -0.15) is 0 Å². The van der Waals surface area contributed by atoms with Crippen LogP contribution in [0.4, 0.5) is 0 Å². The minimum atomic E-state index is -1.06. The molecule has 0 aliphatic rings. The van der Waals surface area contributed by atoms with Crippen molar-refractivity contribution < 1.29 is 9.90 Å². The summed E-state index contributed by atoms with van der Waals surface area (Å²) in [5.74, 6) is -0.389. The number of aliphatic hydroxyl groups is 1. The zero-order chi connectivity index (χ0) is 9.72. The van der Waals surface area contributed by atoms with Crippen molar-refractivity contribution in [3.8, 4) is 0 Å². The van der Waals surface area contributed by atoms with Crippen LogP contribution in [0, 0.1) is 5.92 Å². The van der Waals surface area contributed by atoms with Crippen molar-refractivity contribution in [1.29, 1.82) is 0 Å². The van der Waals surface area contributed by atoms with E-state index in [1.54, 1.807) is 13.8 Å². The molecule has 0 heterocycles. The zero-order valence-electron chi connectivity index (χ0n) is 7.66. The first kappa shape index (κ1) is 11.6. The normalized spacial score (nSPS) is 16.2. The summed E-state index contributed by atoms with van der Waals surface area (Å²) in [5.41, 5.74) is 10.8. The third-order valence-electron chi connectivity index (χ3n) is 1.77. The van der Waals surface area contributed by atoms with E-state index in [9.17, 15) is 9.90 Å². The number of nitrogens with two attached hydrogens (primary N) is 2. The summed E-state index contributed by atoms with van der Waals surface area (Å²) >= 11 is 0.